The van der Waals surface area contributed by atoms with Crippen LogP contribution in [0.1, 0.15) is 6.92 Å². The summed E-state index contributed by atoms with van der Waals surface area (Å²) in [6, 6.07) is 0. The first-order chi connectivity index (χ1) is 16.1. The molecule has 0 aliphatic heterocycles. The van der Waals surface area contributed by atoms with Crippen LogP contribution in [-0.2, 0) is 14.4 Å². The van der Waals surface area contributed by atoms with Gasteiger partial charge in [-0.05, 0) is 6.92 Å². The van der Waals surface area contributed by atoms with Crippen LogP contribution in [0.25, 0.3) is 0 Å². The third-order valence-corrected chi connectivity index (χ3v) is 4.14. The molecule has 0 aromatic rings. The molecule has 0 saturated heterocycles. The van der Waals surface area contributed by atoms with Gasteiger partial charge in [-0.2, -0.15) is 0 Å². The van der Waals surface area contributed by atoms with Crippen LogP contribution in [-0.4, -0.2) is 177 Å². The molecule has 14 N–H and O–H groups in total. The molecule has 0 aromatic carbocycles. The van der Waals surface area contributed by atoms with E-state index in [1.807, 2.05) is 0 Å². The summed E-state index contributed by atoms with van der Waals surface area (Å²) in [6.45, 7) is -1.21. The lowest BCUT2D eigenvalue weighted by Crippen LogP contribution is -2.46. The standard InChI is InChI=1S/2C6H12O6.C6H12O5/c2*7-1-3(9)5(11)6(12)4(10)2-8;1-3(8)5(10)6(11)4(9)2-7/h3,5-9,11-12H,1-2H2;1,3-6,8-12H,2H2;2-6,8-11H,1H3/t3-,5+,6+;2*3-,4-,5-,6-/m010/s1. The van der Waals surface area contributed by atoms with Crippen molar-refractivity contribution < 1.29 is 85.9 Å². The Morgan fingerprint density at radius 3 is 1.23 bits per heavy atom. The Hall–Kier alpha value is -1.55. The first-order valence-electron chi connectivity index (χ1n) is 9.83. The van der Waals surface area contributed by atoms with E-state index in [1.54, 1.807) is 0 Å². The smallest absolute Gasteiger partial charge is 0.189 e. The van der Waals surface area contributed by atoms with Crippen LogP contribution in [0.3, 0.4) is 0 Å². The molecule has 0 saturated carbocycles. The third-order valence-electron chi connectivity index (χ3n) is 4.14. The van der Waals surface area contributed by atoms with Gasteiger partial charge in [0, 0.05) is 0 Å². The van der Waals surface area contributed by atoms with Crippen molar-refractivity contribution in [3.8, 4) is 0 Å². The fourth-order valence-electron chi connectivity index (χ4n) is 1.79. The Kier molecular flexibility index (Phi) is 22.4. The molecule has 0 aliphatic carbocycles. The van der Waals surface area contributed by atoms with E-state index in [0.29, 0.717) is 0 Å². The molecular weight excluding hydrogens is 488 g/mol. The Morgan fingerprint density at radius 2 is 0.943 bits per heavy atom. The number of aliphatic hydroxyl groups excluding tert-OH is 14. The molecule has 0 spiro atoms. The average Bonchev–Trinajstić information content (AvgIpc) is 2.88. The van der Waals surface area contributed by atoms with Crippen LogP contribution in [0.4, 0.5) is 0 Å². The lowest BCUT2D eigenvalue weighted by Gasteiger charge is -2.22. The van der Waals surface area contributed by atoms with Gasteiger partial charge in [0.2, 0.25) is 0 Å². The van der Waals surface area contributed by atoms with E-state index in [2.05, 4.69) is 0 Å². The van der Waals surface area contributed by atoms with Crippen LogP contribution < -0.4 is 0 Å². The lowest BCUT2D eigenvalue weighted by atomic mass is 10.0. The second-order valence-corrected chi connectivity index (χ2v) is 7.02. The summed E-state index contributed by atoms with van der Waals surface area (Å²) >= 11 is 0. The Morgan fingerprint density at radius 1 is 0.600 bits per heavy atom. The van der Waals surface area contributed by atoms with Gasteiger partial charge in [0.05, 0.1) is 19.3 Å². The van der Waals surface area contributed by atoms with E-state index in [1.165, 1.54) is 6.92 Å². The number of carbonyl (C=O) groups excluding carboxylic acids is 3. The highest BCUT2D eigenvalue weighted by atomic mass is 16.4. The molecule has 35 heavy (non-hydrogen) atoms. The minimum Gasteiger partial charge on any atom is -0.394 e. The van der Waals surface area contributed by atoms with Crippen molar-refractivity contribution >= 4 is 18.4 Å². The van der Waals surface area contributed by atoms with Crippen molar-refractivity contribution in [3.05, 3.63) is 0 Å². The predicted octanol–water partition coefficient (Wildman–Crippen LogP) is -9.11. The van der Waals surface area contributed by atoms with Crippen LogP contribution >= 0.6 is 0 Å². The molecule has 11 atom stereocenters. The summed E-state index contributed by atoms with van der Waals surface area (Å²) in [5.41, 5.74) is 0. The van der Waals surface area contributed by atoms with Crippen molar-refractivity contribution in [3.63, 3.8) is 0 Å². The van der Waals surface area contributed by atoms with Crippen LogP contribution in [0.5, 0.6) is 0 Å². The molecule has 0 heterocycles. The molecule has 210 valence electrons. The maximum absolute atomic E-state index is 10.5. The minimum atomic E-state index is -1.86. The van der Waals surface area contributed by atoms with E-state index < -0.39 is 92.7 Å². The molecule has 17 heteroatoms. The molecule has 0 rings (SSSR count). The molecule has 17 nitrogen and oxygen atoms in total. The maximum Gasteiger partial charge on any atom is 0.189 e. The predicted molar refractivity (Wildman–Crippen MR) is 110 cm³/mol. The fraction of sp³-hybridized carbons (Fsp3) is 0.833. The highest BCUT2D eigenvalue weighted by Gasteiger charge is 2.30. The van der Waals surface area contributed by atoms with Gasteiger partial charge in [-0.15, -0.1) is 0 Å². The maximum atomic E-state index is 10.5. The number of aldehydes is 2. The van der Waals surface area contributed by atoms with Gasteiger partial charge >= 0.3 is 0 Å². The summed E-state index contributed by atoms with van der Waals surface area (Å²) in [5, 5.41) is 122. The Labute approximate surface area is 199 Å². The summed E-state index contributed by atoms with van der Waals surface area (Å²) in [6.07, 6.45) is -17.9. The van der Waals surface area contributed by atoms with E-state index in [4.69, 9.17) is 71.5 Å². The van der Waals surface area contributed by atoms with Gasteiger partial charge in [0.15, 0.2) is 18.4 Å². The Balaban J connectivity index is -0.000000439. The quantitative estimate of drug-likeness (QED) is 0.0937. The number of ketones is 1. The molecule has 0 radical (unpaired) electrons. The SMILES string of the molecule is C[C@H](O)[C@H](O)[C@@H](O)[C@@H](O)C=O.O=C(CO)[C@@H](O)[C@H](O)[C@@H](O)CO.O=C[C@@H](O)[C@@H](O)[C@H](O)[C@H](O)CO. The molecule has 0 amide bonds. The summed E-state index contributed by atoms with van der Waals surface area (Å²) in [5.74, 6) is -1.00. The van der Waals surface area contributed by atoms with Gasteiger partial charge in [0.25, 0.3) is 0 Å². The summed E-state index contributed by atoms with van der Waals surface area (Å²) < 4.78 is 0. The van der Waals surface area contributed by atoms with Gasteiger partial charge in [-0.1, -0.05) is 0 Å². The van der Waals surface area contributed by atoms with E-state index >= 15 is 0 Å². The van der Waals surface area contributed by atoms with E-state index in [-0.39, 0.29) is 12.6 Å². The monoisotopic (exact) mass is 524 g/mol. The molecule has 0 aliphatic rings. The summed E-state index contributed by atoms with van der Waals surface area (Å²) in [7, 11) is 0. The molecule has 0 fully saturated rings. The Bertz CT molecular complexity index is 561. The van der Waals surface area contributed by atoms with Gasteiger partial charge in [-0.25, -0.2) is 0 Å². The zero-order valence-electron chi connectivity index (χ0n) is 18.6. The number of rotatable bonds is 14. The van der Waals surface area contributed by atoms with E-state index in [9.17, 15) is 14.4 Å². The lowest BCUT2D eigenvalue weighted by molar-refractivity contribution is -0.142. The molecule has 0 bridgehead atoms. The first-order valence-corrected chi connectivity index (χ1v) is 9.83. The van der Waals surface area contributed by atoms with Crippen LogP contribution in [0.2, 0.25) is 0 Å². The van der Waals surface area contributed by atoms with Gasteiger partial charge in [-0.3, -0.25) is 4.79 Å². The van der Waals surface area contributed by atoms with Crippen molar-refractivity contribution in [1.29, 1.82) is 0 Å². The summed E-state index contributed by atoms with van der Waals surface area (Å²) in [4.78, 5) is 30.3. The van der Waals surface area contributed by atoms with Gasteiger partial charge in [0.1, 0.15) is 67.6 Å². The second-order valence-electron chi connectivity index (χ2n) is 7.02. The molecule has 0 aromatic heterocycles. The van der Waals surface area contributed by atoms with Crippen molar-refractivity contribution in [2.45, 2.75) is 74.1 Å². The van der Waals surface area contributed by atoms with E-state index in [0.717, 1.165) is 0 Å². The van der Waals surface area contributed by atoms with Crippen molar-refractivity contribution in [2.75, 3.05) is 19.8 Å². The number of hydrogen-bond donors (Lipinski definition) is 14. The first kappa shape index (κ1) is 38.0. The number of carbonyl (C=O) groups is 3. The average molecular weight is 524 g/mol. The zero-order valence-corrected chi connectivity index (χ0v) is 18.6. The number of Topliss-reactive ketones (excluding diaryl/α,β-unsaturated/α-hetero) is 1. The fourth-order valence-corrected chi connectivity index (χ4v) is 1.79. The molecular formula is C18H36O17. The largest absolute Gasteiger partial charge is 0.394 e. The topological polar surface area (TPSA) is 334 Å². The van der Waals surface area contributed by atoms with Crippen molar-refractivity contribution in [1.82, 2.24) is 0 Å². The highest BCUT2D eigenvalue weighted by molar-refractivity contribution is 5.84. The number of aliphatic hydroxyl groups is 14. The highest BCUT2D eigenvalue weighted by Crippen LogP contribution is 2.04. The van der Waals surface area contributed by atoms with Crippen molar-refractivity contribution in [2.24, 2.45) is 0 Å². The molecule has 0 unspecified atom stereocenters. The van der Waals surface area contributed by atoms with Gasteiger partial charge < -0.3 is 81.1 Å². The minimum absolute atomic E-state index is 0.0258. The second kappa shape index (κ2) is 20.6. The van der Waals surface area contributed by atoms with Crippen LogP contribution in [0.15, 0.2) is 0 Å². The number of hydrogen-bond acceptors (Lipinski definition) is 17. The van der Waals surface area contributed by atoms with Crippen LogP contribution in [0, 0.1) is 0 Å². The normalized spacial score (nSPS) is 20.4. The zero-order chi connectivity index (χ0) is 28.5. The third kappa shape index (κ3) is 15.2.